The van der Waals surface area contributed by atoms with Gasteiger partial charge >= 0.3 is 5.51 Å². The number of carbonyl (C=O) groups excluding carboxylic acids is 1. The first-order chi connectivity index (χ1) is 12.5. The van der Waals surface area contributed by atoms with Gasteiger partial charge in [-0.25, -0.2) is 12.8 Å². The molecule has 2 rings (SSSR count). The number of ether oxygens (including phenoxy) is 1. The molecule has 1 N–H and O–H groups in total. The van der Waals surface area contributed by atoms with Gasteiger partial charge in [0.1, 0.15) is 11.6 Å². The highest BCUT2D eigenvalue weighted by molar-refractivity contribution is 7.92. The monoisotopic (exact) mass is 403 g/mol. The van der Waals surface area contributed by atoms with Gasteiger partial charge in [0.2, 0.25) is 5.91 Å². The van der Waals surface area contributed by atoms with Crippen LogP contribution in [-0.2, 0) is 14.6 Å². The zero-order chi connectivity index (χ0) is 20.2. The first kappa shape index (κ1) is 20.4. The molecule has 2 aromatic carbocycles. The molecule has 27 heavy (non-hydrogen) atoms. The largest absolute Gasteiger partial charge is 0.501 e. The molecule has 0 unspecified atom stereocenters. The van der Waals surface area contributed by atoms with Gasteiger partial charge in [0, 0.05) is 6.08 Å². The minimum Gasteiger partial charge on any atom is -0.495 e. The summed E-state index contributed by atoms with van der Waals surface area (Å²) in [6, 6.07) is 7.58. The van der Waals surface area contributed by atoms with Gasteiger partial charge in [0.15, 0.2) is 0 Å². The van der Waals surface area contributed by atoms with Crippen LogP contribution < -0.4 is 10.1 Å². The fraction of sp³-hybridized carbons (Fsp3) is 0.118. The summed E-state index contributed by atoms with van der Waals surface area (Å²) in [5, 5.41) is 2.25. The van der Waals surface area contributed by atoms with E-state index in [-0.39, 0.29) is 11.4 Å². The van der Waals surface area contributed by atoms with E-state index in [2.05, 4.69) is 5.32 Å². The number of anilines is 1. The number of alkyl halides is 3. The zero-order valence-electron chi connectivity index (χ0n) is 13.7. The van der Waals surface area contributed by atoms with Crippen molar-refractivity contribution in [3.8, 4) is 5.75 Å². The van der Waals surface area contributed by atoms with Crippen molar-refractivity contribution in [2.75, 3.05) is 12.4 Å². The Labute approximate surface area is 152 Å². The molecule has 5 nitrogen and oxygen atoms in total. The van der Waals surface area contributed by atoms with Crippen LogP contribution in [0.15, 0.2) is 53.4 Å². The highest BCUT2D eigenvalue weighted by atomic mass is 32.2. The van der Waals surface area contributed by atoms with Crippen molar-refractivity contribution in [3.05, 3.63) is 59.9 Å². The first-order valence-electron chi connectivity index (χ1n) is 7.28. The lowest BCUT2D eigenvalue weighted by Crippen LogP contribution is -2.23. The number of sulfone groups is 1. The molecule has 144 valence electrons. The molecule has 2 aromatic rings. The van der Waals surface area contributed by atoms with Crippen molar-refractivity contribution >= 4 is 27.5 Å². The summed E-state index contributed by atoms with van der Waals surface area (Å²) >= 11 is 0. The van der Waals surface area contributed by atoms with Gasteiger partial charge < -0.3 is 10.1 Å². The normalized spacial score (nSPS) is 12.2. The second-order valence-corrected chi connectivity index (χ2v) is 7.13. The molecule has 0 heterocycles. The van der Waals surface area contributed by atoms with Gasteiger partial charge in [-0.05, 0) is 42.0 Å². The molecule has 0 bridgehead atoms. The van der Waals surface area contributed by atoms with Gasteiger partial charge in [-0.3, -0.25) is 4.79 Å². The first-order valence-corrected chi connectivity index (χ1v) is 8.77. The van der Waals surface area contributed by atoms with E-state index in [4.69, 9.17) is 4.74 Å². The molecule has 0 saturated carbocycles. The molecule has 1 amide bonds. The van der Waals surface area contributed by atoms with Gasteiger partial charge in [0.25, 0.3) is 9.84 Å². The Hall–Kier alpha value is -2.88. The fourth-order valence-electron chi connectivity index (χ4n) is 2.01. The highest BCUT2D eigenvalue weighted by Gasteiger charge is 2.47. The molecule has 0 saturated heterocycles. The molecular formula is C17H13F4NO4S. The molecule has 0 aliphatic carbocycles. The maximum atomic E-state index is 12.8. The number of benzene rings is 2. The average Bonchev–Trinajstić information content (AvgIpc) is 2.60. The molecule has 10 heteroatoms. The Morgan fingerprint density at radius 1 is 1.11 bits per heavy atom. The quantitative estimate of drug-likeness (QED) is 0.609. The Balaban J connectivity index is 2.27. The van der Waals surface area contributed by atoms with Crippen molar-refractivity contribution < 1.29 is 35.5 Å². The molecule has 0 fully saturated rings. The van der Waals surface area contributed by atoms with Crippen LogP contribution in [0, 0.1) is 5.82 Å². The molecule has 0 aromatic heterocycles. The van der Waals surface area contributed by atoms with E-state index in [0.717, 1.165) is 18.2 Å². The summed E-state index contributed by atoms with van der Waals surface area (Å²) in [4.78, 5) is 10.9. The van der Waals surface area contributed by atoms with Crippen LogP contribution in [0.1, 0.15) is 5.56 Å². The van der Waals surface area contributed by atoms with Gasteiger partial charge in [0.05, 0.1) is 17.7 Å². The van der Waals surface area contributed by atoms with Crippen molar-refractivity contribution in [3.63, 3.8) is 0 Å². The second-order valence-electron chi connectivity index (χ2n) is 5.19. The van der Waals surface area contributed by atoms with E-state index in [1.807, 2.05) is 0 Å². The predicted octanol–water partition coefficient (Wildman–Crippen LogP) is 3.78. The third kappa shape index (κ3) is 4.85. The molecule has 0 spiro atoms. The second kappa shape index (κ2) is 7.78. The lowest BCUT2D eigenvalue weighted by molar-refractivity contribution is -0.111. The third-order valence-electron chi connectivity index (χ3n) is 3.34. The van der Waals surface area contributed by atoms with Crippen LogP contribution in [-0.4, -0.2) is 26.9 Å². The van der Waals surface area contributed by atoms with Gasteiger partial charge in [-0.15, -0.1) is 0 Å². The zero-order valence-corrected chi connectivity index (χ0v) is 14.6. The van der Waals surface area contributed by atoms with Crippen LogP contribution in [0.2, 0.25) is 0 Å². The number of halogens is 4. The summed E-state index contributed by atoms with van der Waals surface area (Å²) in [6.45, 7) is 0. The molecule has 0 atom stereocenters. The van der Waals surface area contributed by atoms with Crippen LogP contribution in [0.4, 0.5) is 23.2 Å². The molecular weight excluding hydrogens is 390 g/mol. The third-order valence-corrected chi connectivity index (χ3v) is 4.82. The predicted molar refractivity (Wildman–Crippen MR) is 90.3 cm³/mol. The van der Waals surface area contributed by atoms with Crippen LogP contribution >= 0.6 is 0 Å². The summed E-state index contributed by atoms with van der Waals surface area (Å²) in [7, 11) is -4.37. The van der Waals surface area contributed by atoms with Crippen molar-refractivity contribution in [1.82, 2.24) is 0 Å². The maximum Gasteiger partial charge on any atom is 0.501 e. The van der Waals surface area contributed by atoms with Gasteiger partial charge in [-0.2, -0.15) is 13.2 Å². The SMILES string of the molecule is COc1ccc(S(=O)(=O)C(F)(F)F)cc1NC(=O)C=Cc1ccc(F)cc1. The van der Waals surface area contributed by atoms with E-state index in [1.54, 1.807) is 0 Å². The van der Waals surface area contributed by atoms with Crippen molar-refractivity contribution in [2.24, 2.45) is 0 Å². The number of rotatable bonds is 5. The standard InChI is InChI=1S/C17H13F4NO4S/c1-26-15-8-7-13(27(24,25)17(19,20)21)10-14(15)22-16(23)9-4-11-2-5-12(18)6-3-11/h2-10H,1H3,(H,22,23). The lowest BCUT2D eigenvalue weighted by Gasteiger charge is -2.13. The summed E-state index contributed by atoms with van der Waals surface area (Å²) < 4.78 is 78.8. The summed E-state index contributed by atoms with van der Waals surface area (Å²) in [5.74, 6) is -1.23. The number of amides is 1. The molecule has 0 aliphatic heterocycles. The molecule has 0 radical (unpaired) electrons. The van der Waals surface area contributed by atoms with Gasteiger partial charge in [-0.1, -0.05) is 12.1 Å². The van der Waals surface area contributed by atoms with Crippen molar-refractivity contribution in [2.45, 2.75) is 10.4 Å². The van der Waals surface area contributed by atoms with E-state index in [1.165, 1.54) is 37.5 Å². The van der Waals surface area contributed by atoms with E-state index in [0.29, 0.717) is 11.6 Å². The minimum atomic E-state index is -5.58. The smallest absolute Gasteiger partial charge is 0.495 e. The maximum absolute atomic E-state index is 12.8. The van der Waals surface area contributed by atoms with E-state index in [9.17, 15) is 30.8 Å². The van der Waals surface area contributed by atoms with Crippen LogP contribution in [0.25, 0.3) is 6.08 Å². The van der Waals surface area contributed by atoms with E-state index >= 15 is 0 Å². The Morgan fingerprint density at radius 3 is 2.30 bits per heavy atom. The topological polar surface area (TPSA) is 72.5 Å². The number of carbonyl (C=O) groups is 1. The highest BCUT2D eigenvalue weighted by Crippen LogP contribution is 2.34. The summed E-state index contributed by atoms with van der Waals surface area (Å²) in [5.41, 5.74) is -5.23. The Morgan fingerprint density at radius 2 is 1.74 bits per heavy atom. The number of nitrogens with one attached hydrogen (secondary N) is 1. The molecule has 0 aliphatic rings. The summed E-state index contributed by atoms with van der Waals surface area (Å²) in [6.07, 6.45) is 2.40. The number of hydrogen-bond donors (Lipinski definition) is 1. The van der Waals surface area contributed by atoms with Crippen molar-refractivity contribution in [1.29, 1.82) is 0 Å². The Bertz CT molecular complexity index is 967. The number of methoxy groups -OCH3 is 1. The average molecular weight is 403 g/mol. The lowest BCUT2D eigenvalue weighted by atomic mass is 10.2. The van der Waals surface area contributed by atoms with Crippen LogP contribution in [0.5, 0.6) is 5.75 Å². The van der Waals surface area contributed by atoms with E-state index < -0.39 is 32.0 Å². The van der Waals surface area contributed by atoms with Crippen LogP contribution in [0.3, 0.4) is 0 Å². The fourth-order valence-corrected chi connectivity index (χ4v) is 2.79. The minimum absolute atomic E-state index is 0.0281. The Kier molecular flexibility index (Phi) is 5.89. The number of hydrogen-bond acceptors (Lipinski definition) is 4.